The Labute approximate surface area is 288 Å². The van der Waals surface area contributed by atoms with Gasteiger partial charge in [0.1, 0.15) is 0 Å². The number of halogens is 2. The Morgan fingerprint density at radius 1 is 0.478 bits per heavy atom. The van der Waals surface area contributed by atoms with Crippen LogP contribution >= 0.6 is 24.8 Å². The second kappa shape index (κ2) is 11.8. The van der Waals surface area contributed by atoms with Crippen LogP contribution in [-0.4, -0.2) is 7.63 Å². The molecule has 0 saturated carbocycles. The molecule has 0 aromatic heterocycles. The summed E-state index contributed by atoms with van der Waals surface area (Å²) in [5.41, 5.74) is 14.4. The van der Waals surface area contributed by atoms with Gasteiger partial charge in [-0.1, -0.05) is 0 Å². The molecule has 0 nitrogen and oxygen atoms in total. The van der Waals surface area contributed by atoms with E-state index in [2.05, 4.69) is 165 Å². The van der Waals surface area contributed by atoms with E-state index >= 15 is 0 Å². The molecule has 0 saturated heterocycles. The van der Waals surface area contributed by atoms with Crippen molar-refractivity contribution < 1.29 is 14.0 Å². The zero-order chi connectivity index (χ0) is 30.2. The minimum absolute atomic E-state index is 0. The fraction of sp³-hybridized carbons (Fsp3) is 0.143. The van der Waals surface area contributed by atoms with E-state index in [-0.39, 0.29) is 24.8 Å². The number of benzene rings is 6. The van der Waals surface area contributed by atoms with Gasteiger partial charge in [-0.2, -0.15) is 0 Å². The quantitative estimate of drug-likeness (QED) is 0.162. The molecular formula is C42H40Cl2SiTi. The molecule has 2 aliphatic carbocycles. The van der Waals surface area contributed by atoms with Crippen LogP contribution in [0.3, 0.4) is 0 Å². The van der Waals surface area contributed by atoms with Gasteiger partial charge in [0.05, 0.1) is 0 Å². The first-order valence-corrected chi connectivity index (χ1v) is 24.8. The molecule has 0 bridgehead atoms. The predicted molar refractivity (Wildman–Crippen MR) is 206 cm³/mol. The van der Waals surface area contributed by atoms with E-state index in [4.69, 9.17) is 0 Å². The van der Waals surface area contributed by atoms with Crippen LogP contribution in [0.5, 0.6) is 0 Å². The average Bonchev–Trinajstić information content (AvgIpc) is 3.57. The van der Waals surface area contributed by atoms with Crippen LogP contribution in [-0.2, 0) is 14.0 Å². The smallest absolute Gasteiger partial charge is 0.147 e. The van der Waals surface area contributed by atoms with Crippen molar-refractivity contribution in [1.29, 1.82) is 0 Å². The number of allylic oxidation sites excluding steroid dienone is 2. The van der Waals surface area contributed by atoms with Crippen molar-refractivity contribution in [2.24, 2.45) is 0 Å². The Bertz CT molecular complexity index is 2150. The summed E-state index contributed by atoms with van der Waals surface area (Å²) in [7, 11) is 2.41. The van der Waals surface area contributed by atoms with Gasteiger partial charge < -0.3 is 0 Å². The zero-order valence-corrected chi connectivity index (χ0v) is 31.5. The Balaban J connectivity index is 0.00000186. The Hall–Kier alpha value is -3.17. The molecule has 4 heteroatoms. The molecule has 0 heterocycles. The molecule has 46 heavy (non-hydrogen) atoms. The van der Waals surface area contributed by atoms with Crippen molar-refractivity contribution in [3.05, 3.63) is 155 Å². The molecule has 0 aliphatic heterocycles. The third kappa shape index (κ3) is 5.09. The monoisotopic (exact) mass is 690 g/mol. The van der Waals surface area contributed by atoms with E-state index in [0.29, 0.717) is 8.45 Å². The van der Waals surface area contributed by atoms with Crippen LogP contribution < -0.4 is 0 Å². The molecule has 8 rings (SSSR count). The van der Waals surface area contributed by atoms with Crippen LogP contribution in [0.1, 0.15) is 44.5 Å². The Kier molecular flexibility index (Phi) is 8.41. The van der Waals surface area contributed by atoms with Crippen LogP contribution in [0.15, 0.2) is 132 Å². The summed E-state index contributed by atoms with van der Waals surface area (Å²) in [5.74, 6) is 0. The van der Waals surface area contributed by atoms with E-state index < -0.39 is 14.0 Å². The topological polar surface area (TPSA) is 0 Å². The largest absolute Gasteiger partial charge is 0.147 e. The van der Waals surface area contributed by atoms with Crippen molar-refractivity contribution in [2.45, 2.75) is 32.7 Å². The maximum atomic E-state index is 2.72. The summed E-state index contributed by atoms with van der Waals surface area (Å²) >= 11 is -3.33. The molecule has 230 valence electrons. The van der Waals surface area contributed by atoms with Gasteiger partial charge in [-0.3, -0.25) is 0 Å². The minimum Gasteiger partial charge on any atom is -0.147 e. The average molecular weight is 692 g/mol. The first-order valence-electron chi connectivity index (χ1n) is 15.9. The predicted octanol–water partition coefficient (Wildman–Crippen LogP) is 12.1. The van der Waals surface area contributed by atoms with Crippen LogP contribution in [0.25, 0.3) is 56.0 Å². The number of rotatable bonds is 4. The molecule has 6 aromatic rings. The molecule has 2 atom stereocenters. The maximum absolute atomic E-state index is 3.33. The third-order valence-corrected chi connectivity index (χ3v) is 22.3. The molecular weight excluding hydrogens is 651 g/mol. The zero-order valence-electron chi connectivity index (χ0n) is 26.9. The fourth-order valence-corrected chi connectivity index (χ4v) is 22.9. The van der Waals surface area contributed by atoms with Crippen LogP contribution in [0, 0.1) is 0 Å². The van der Waals surface area contributed by atoms with Crippen molar-refractivity contribution in [2.75, 3.05) is 0 Å². The molecule has 2 aliphatic rings. The van der Waals surface area contributed by atoms with E-state index in [1.54, 1.807) is 0 Å². The summed E-state index contributed by atoms with van der Waals surface area (Å²) in [5, 5.41) is 10.6. The van der Waals surface area contributed by atoms with Gasteiger partial charge in [0.15, 0.2) is 0 Å². The van der Waals surface area contributed by atoms with E-state index in [1.807, 2.05) is 0 Å². The Morgan fingerprint density at radius 3 is 1.28 bits per heavy atom. The molecule has 0 N–H and O–H groups in total. The second-order valence-corrected chi connectivity index (χ2v) is 34.5. The number of hydrogen-bond donors (Lipinski definition) is 0. The molecule has 0 fully saturated rings. The van der Waals surface area contributed by atoms with Crippen molar-refractivity contribution in [3.63, 3.8) is 0 Å². The number of fused-ring (bicyclic) bond motifs is 4. The van der Waals surface area contributed by atoms with Gasteiger partial charge in [-0.25, -0.2) is 0 Å². The fourth-order valence-electron chi connectivity index (χ4n) is 9.01. The summed E-state index contributed by atoms with van der Waals surface area (Å²) in [4.78, 5) is 0. The van der Waals surface area contributed by atoms with Crippen LogP contribution in [0.4, 0.5) is 0 Å². The van der Waals surface area contributed by atoms with Crippen molar-refractivity contribution in [1.82, 2.24) is 0 Å². The maximum Gasteiger partial charge on any atom is -0.147 e. The normalized spacial score (nSPS) is 17.1. The van der Waals surface area contributed by atoms with E-state index in [0.717, 1.165) is 0 Å². The third-order valence-electron chi connectivity index (χ3n) is 10.6. The number of hydrogen-bond acceptors (Lipinski definition) is 0. The van der Waals surface area contributed by atoms with Gasteiger partial charge in [-0.15, -0.1) is 24.8 Å². The first kappa shape index (κ1) is 32.8. The molecule has 0 amide bonds. The van der Waals surface area contributed by atoms with E-state index in [1.165, 1.54) is 77.2 Å². The summed E-state index contributed by atoms with van der Waals surface area (Å²) in [6.45, 7) is 4.80. The van der Waals surface area contributed by atoms with Crippen LogP contribution in [0.2, 0.25) is 10.5 Å². The Morgan fingerprint density at radius 2 is 0.870 bits per heavy atom. The second-order valence-electron chi connectivity index (χ2n) is 14.3. The van der Waals surface area contributed by atoms with Gasteiger partial charge >= 0.3 is 265 Å². The SMILES string of the molecule is CC1=Cc2c(-c3ccc4ccccc4c3)cccc2[CH]1[Ti]([CH3])([CH3])(=[SiH2])[CH]1C(C)=Cc2c(-c3ccc4ccccc4c3)cccc21.Cl.Cl. The van der Waals surface area contributed by atoms with Crippen molar-refractivity contribution in [3.8, 4) is 22.3 Å². The first-order chi connectivity index (χ1) is 21.2. The minimum atomic E-state index is -3.33. The summed E-state index contributed by atoms with van der Waals surface area (Å²) < 4.78 is 0.980. The van der Waals surface area contributed by atoms with Gasteiger partial charge in [0.25, 0.3) is 0 Å². The van der Waals surface area contributed by atoms with Crippen molar-refractivity contribution >= 4 is 66.1 Å². The molecule has 0 spiro atoms. The summed E-state index contributed by atoms with van der Waals surface area (Å²) in [6.07, 6.45) is 5.05. The molecule has 6 aromatic carbocycles. The van der Waals surface area contributed by atoms with E-state index in [9.17, 15) is 0 Å². The molecule has 0 radical (unpaired) electrons. The van der Waals surface area contributed by atoms with Gasteiger partial charge in [0.2, 0.25) is 0 Å². The standard InChI is InChI=1S/2C20H15.2CH3.2ClH.H2Si.Ti/c2*1-14-11-17-7-4-8-19(20(17)12-14)18-10-9-15-5-2-3-6-16(15)13-18;;;;;;/h2*2-13H,1H3;2*1H3;2*1H;1H2;. The molecule has 2 unspecified atom stereocenters. The summed E-state index contributed by atoms with van der Waals surface area (Å²) in [6, 6.07) is 45.4. The van der Waals surface area contributed by atoms with Gasteiger partial charge in [0, 0.05) is 0 Å². The van der Waals surface area contributed by atoms with Gasteiger partial charge in [-0.05, 0) is 0 Å².